The van der Waals surface area contributed by atoms with E-state index in [1.165, 1.54) is 7.11 Å². The molecule has 1 atom stereocenters. The van der Waals surface area contributed by atoms with Crippen molar-refractivity contribution in [1.29, 1.82) is 0 Å². The number of methoxy groups -OCH3 is 1. The Morgan fingerprint density at radius 1 is 1.32 bits per heavy atom. The fourth-order valence-electron chi connectivity index (χ4n) is 1.71. The molecular formula is C13H15N3O3. The first-order chi connectivity index (χ1) is 9.13. The Morgan fingerprint density at radius 2 is 2.00 bits per heavy atom. The molecule has 1 unspecified atom stereocenters. The van der Waals surface area contributed by atoms with Crippen molar-refractivity contribution in [3.63, 3.8) is 0 Å². The van der Waals surface area contributed by atoms with Crippen LogP contribution in [0.3, 0.4) is 0 Å². The lowest BCUT2D eigenvalue weighted by Gasteiger charge is -2.12. The van der Waals surface area contributed by atoms with Gasteiger partial charge in [0, 0.05) is 10.8 Å². The lowest BCUT2D eigenvalue weighted by Crippen LogP contribution is -2.37. The number of fused-ring (bicyclic) bond motifs is 1. The van der Waals surface area contributed by atoms with Gasteiger partial charge >= 0.3 is 5.97 Å². The van der Waals surface area contributed by atoms with Gasteiger partial charge in [0.2, 0.25) is 5.88 Å². The van der Waals surface area contributed by atoms with Gasteiger partial charge in [-0.3, -0.25) is 4.79 Å². The minimum atomic E-state index is -0.841. The molecule has 1 aromatic heterocycles. The maximum absolute atomic E-state index is 11.2. The third-order valence-corrected chi connectivity index (χ3v) is 2.74. The molecule has 0 bridgehead atoms. The van der Waals surface area contributed by atoms with E-state index < -0.39 is 12.0 Å². The molecule has 1 aromatic carbocycles. The molecule has 0 spiro atoms. The first kappa shape index (κ1) is 13.2. The van der Waals surface area contributed by atoms with Crippen LogP contribution in [0.5, 0.6) is 5.88 Å². The van der Waals surface area contributed by atoms with Gasteiger partial charge in [0.05, 0.1) is 12.8 Å². The third kappa shape index (κ3) is 2.79. The monoisotopic (exact) mass is 261 g/mol. The first-order valence-corrected chi connectivity index (χ1v) is 5.81. The number of nitrogens with zero attached hydrogens (tertiary/aromatic N) is 2. The van der Waals surface area contributed by atoms with Gasteiger partial charge < -0.3 is 15.2 Å². The highest BCUT2D eigenvalue weighted by Gasteiger charge is 2.16. The SMILES string of the molecule is COC(=O)C(N)COc1nnc(C)c2ccccc12. The minimum absolute atomic E-state index is 0.00555. The third-order valence-electron chi connectivity index (χ3n) is 2.74. The Balaban J connectivity index is 2.22. The molecule has 2 N–H and O–H groups in total. The Bertz CT molecular complexity index is 601. The van der Waals surface area contributed by atoms with E-state index in [1.807, 2.05) is 31.2 Å². The summed E-state index contributed by atoms with van der Waals surface area (Å²) in [5.74, 6) is -0.162. The van der Waals surface area contributed by atoms with Crippen LogP contribution in [0.1, 0.15) is 5.69 Å². The van der Waals surface area contributed by atoms with Gasteiger partial charge in [-0.05, 0) is 13.0 Å². The maximum Gasteiger partial charge on any atom is 0.326 e. The van der Waals surface area contributed by atoms with Crippen LogP contribution in [-0.2, 0) is 9.53 Å². The predicted octanol–water partition coefficient (Wildman–Crippen LogP) is 0.817. The number of esters is 1. The van der Waals surface area contributed by atoms with Crippen LogP contribution in [0.4, 0.5) is 0 Å². The van der Waals surface area contributed by atoms with Crippen LogP contribution in [0, 0.1) is 6.92 Å². The van der Waals surface area contributed by atoms with Crippen molar-refractivity contribution >= 4 is 16.7 Å². The Morgan fingerprint density at radius 3 is 2.68 bits per heavy atom. The molecule has 0 aliphatic heterocycles. The number of benzene rings is 1. The molecule has 2 aromatic rings. The fraction of sp³-hybridized carbons (Fsp3) is 0.308. The molecule has 0 radical (unpaired) electrons. The average molecular weight is 261 g/mol. The minimum Gasteiger partial charge on any atom is -0.474 e. The number of carbonyl (C=O) groups excluding carboxylic acids is 1. The first-order valence-electron chi connectivity index (χ1n) is 5.81. The molecule has 0 aliphatic carbocycles. The summed E-state index contributed by atoms with van der Waals surface area (Å²) in [6, 6.07) is 6.78. The molecule has 0 aliphatic rings. The highest BCUT2D eigenvalue weighted by atomic mass is 16.5. The van der Waals surface area contributed by atoms with Crippen molar-refractivity contribution in [2.45, 2.75) is 13.0 Å². The van der Waals surface area contributed by atoms with Crippen LogP contribution in [0.2, 0.25) is 0 Å². The van der Waals surface area contributed by atoms with Crippen LogP contribution in [0.15, 0.2) is 24.3 Å². The molecule has 0 amide bonds. The van der Waals surface area contributed by atoms with E-state index in [1.54, 1.807) is 0 Å². The molecule has 2 rings (SSSR count). The maximum atomic E-state index is 11.2. The number of rotatable bonds is 4. The van der Waals surface area contributed by atoms with E-state index in [2.05, 4.69) is 14.9 Å². The quantitative estimate of drug-likeness (QED) is 0.820. The van der Waals surface area contributed by atoms with Crippen molar-refractivity contribution in [1.82, 2.24) is 10.2 Å². The van der Waals surface area contributed by atoms with E-state index in [9.17, 15) is 4.79 Å². The summed E-state index contributed by atoms with van der Waals surface area (Å²) in [7, 11) is 1.28. The number of carbonyl (C=O) groups is 1. The normalized spacial score (nSPS) is 12.2. The number of hydrogen-bond donors (Lipinski definition) is 1. The van der Waals surface area contributed by atoms with Crippen LogP contribution < -0.4 is 10.5 Å². The second kappa shape index (κ2) is 5.62. The highest BCUT2D eigenvalue weighted by molar-refractivity contribution is 5.88. The lowest BCUT2D eigenvalue weighted by molar-refractivity contribution is -0.142. The van der Waals surface area contributed by atoms with Gasteiger partial charge in [-0.1, -0.05) is 18.2 Å². The molecule has 100 valence electrons. The number of aromatic nitrogens is 2. The second-order valence-corrected chi connectivity index (χ2v) is 4.08. The summed E-state index contributed by atoms with van der Waals surface area (Å²) < 4.78 is 9.99. The van der Waals surface area contributed by atoms with Crippen LogP contribution in [-0.4, -0.2) is 35.9 Å². The molecule has 6 heteroatoms. The highest BCUT2D eigenvalue weighted by Crippen LogP contribution is 2.23. The molecule has 1 heterocycles. The van der Waals surface area contributed by atoms with Crippen molar-refractivity contribution in [2.75, 3.05) is 13.7 Å². The molecular weight excluding hydrogens is 246 g/mol. The summed E-state index contributed by atoms with van der Waals surface area (Å²) in [4.78, 5) is 11.2. The molecule has 0 saturated heterocycles. The van der Waals surface area contributed by atoms with Crippen molar-refractivity contribution < 1.29 is 14.3 Å². The zero-order valence-corrected chi connectivity index (χ0v) is 10.8. The van der Waals surface area contributed by atoms with E-state index in [-0.39, 0.29) is 6.61 Å². The van der Waals surface area contributed by atoms with E-state index in [0.717, 1.165) is 16.5 Å². The summed E-state index contributed by atoms with van der Waals surface area (Å²) in [6.45, 7) is 1.87. The van der Waals surface area contributed by atoms with Gasteiger partial charge in [0.15, 0.2) is 0 Å². The zero-order chi connectivity index (χ0) is 13.8. The number of aryl methyl sites for hydroxylation is 1. The summed E-state index contributed by atoms with van der Waals surface area (Å²) in [5.41, 5.74) is 6.42. The van der Waals surface area contributed by atoms with Crippen LogP contribution >= 0.6 is 0 Å². The summed E-state index contributed by atoms with van der Waals surface area (Å²) in [6.07, 6.45) is 0. The van der Waals surface area contributed by atoms with Gasteiger partial charge in [-0.25, -0.2) is 0 Å². The average Bonchev–Trinajstić information content (AvgIpc) is 2.45. The zero-order valence-electron chi connectivity index (χ0n) is 10.8. The van der Waals surface area contributed by atoms with Gasteiger partial charge in [-0.15, -0.1) is 5.10 Å². The Hall–Kier alpha value is -2.21. The lowest BCUT2D eigenvalue weighted by atomic mass is 10.1. The van der Waals surface area contributed by atoms with Crippen LogP contribution in [0.25, 0.3) is 10.8 Å². The predicted molar refractivity (Wildman–Crippen MR) is 69.8 cm³/mol. The second-order valence-electron chi connectivity index (χ2n) is 4.08. The smallest absolute Gasteiger partial charge is 0.326 e. The largest absolute Gasteiger partial charge is 0.474 e. The fourth-order valence-corrected chi connectivity index (χ4v) is 1.71. The van der Waals surface area contributed by atoms with Gasteiger partial charge in [0.25, 0.3) is 0 Å². The Labute approximate surface area is 110 Å². The molecule has 6 nitrogen and oxygen atoms in total. The van der Waals surface area contributed by atoms with E-state index >= 15 is 0 Å². The van der Waals surface area contributed by atoms with E-state index in [0.29, 0.717) is 5.88 Å². The van der Waals surface area contributed by atoms with Crippen molar-refractivity contribution in [2.24, 2.45) is 5.73 Å². The van der Waals surface area contributed by atoms with Gasteiger partial charge in [-0.2, -0.15) is 5.10 Å². The molecule has 0 saturated carbocycles. The summed E-state index contributed by atoms with van der Waals surface area (Å²) in [5, 5.41) is 9.80. The van der Waals surface area contributed by atoms with E-state index in [4.69, 9.17) is 10.5 Å². The number of nitrogens with two attached hydrogens (primary N) is 1. The molecule has 0 fully saturated rings. The van der Waals surface area contributed by atoms with Crippen molar-refractivity contribution in [3.05, 3.63) is 30.0 Å². The van der Waals surface area contributed by atoms with Crippen molar-refractivity contribution in [3.8, 4) is 5.88 Å². The standard InChI is InChI=1S/C13H15N3O3/c1-8-9-5-3-4-6-10(9)12(16-15-8)19-7-11(14)13(17)18-2/h3-6,11H,7,14H2,1-2H3. The van der Waals surface area contributed by atoms with Gasteiger partial charge in [0.1, 0.15) is 12.6 Å². The number of ether oxygens (including phenoxy) is 2. The summed E-state index contributed by atoms with van der Waals surface area (Å²) >= 11 is 0. The molecule has 19 heavy (non-hydrogen) atoms. The Kier molecular flexibility index (Phi) is 3.91. The topological polar surface area (TPSA) is 87.3 Å². The number of hydrogen-bond acceptors (Lipinski definition) is 6.